The molecule has 0 aromatic rings. The molecule has 0 saturated carbocycles. The standard InChI is InChI=1S/C15H24N2O6/c1-7(2)6-15(12(18)16-13(19)17-15)10-8-9(11(20-5)21-10)23-14(3,4)22-8/h7-11H,6H2,1-5H3,(H2,16,17,18,19)/t8-,9+,10+,11+,15-/m1/s1. The third-order valence-electron chi connectivity index (χ3n) is 4.43. The monoisotopic (exact) mass is 328 g/mol. The van der Waals surface area contributed by atoms with E-state index in [4.69, 9.17) is 18.9 Å². The number of methoxy groups -OCH3 is 1. The summed E-state index contributed by atoms with van der Waals surface area (Å²) in [6, 6.07) is -0.519. The molecule has 3 aliphatic rings. The van der Waals surface area contributed by atoms with E-state index >= 15 is 0 Å². The lowest BCUT2D eigenvalue weighted by Crippen LogP contribution is -2.61. The quantitative estimate of drug-likeness (QED) is 0.730. The van der Waals surface area contributed by atoms with Crippen LogP contribution in [0.3, 0.4) is 0 Å². The van der Waals surface area contributed by atoms with Crippen molar-refractivity contribution in [2.24, 2.45) is 5.92 Å². The molecule has 8 nitrogen and oxygen atoms in total. The molecular formula is C15H24N2O6. The highest BCUT2D eigenvalue weighted by atomic mass is 16.8. The van der Waals surface area contributed by atoms with Crippen molar-refractivity contribution in [2.45, 2.75) is 70.0 Å². The average Bonchev–Trinajstić information content (AvgIpc) is 2.98. The van der Waals surface area contributed by atoms with Crippen molar-refractivity contribution in [2.75, 3.05) is 7.11 Å². The molecular weight excluding hydrogens is 304 g/mol. The molecule has 2 N–H and O–H groups in total. The van der Waals surface area contributed by atoms with Crippen molar-refractivity contribution in [3.63, 3.8) is 0 Å². The van der Waals surface area contributed by atoms with E-state index in [2.05, 4.69) is 10.6 Å². The van der Waals surface area contributed by atoms with E-state index in [1.165, 1.54) is 7.11 Å². The smallest absolute Gasteiger partial charge is 0.322 e. The minimum absolute atomic E-state index is 0.165. The second kappa shape index (κ2) is 5.41. The van der Waals surface area contributed by atoms with Gasteiger partial charge in [0.2, 0.25) is 0 Å². The van der Waals surface area contributed by atoms with Gasteiger partial charge in [-0.1, -0.05) is 13.8 Å². The van der Waals surface area contributed by atoms with E-state index < -0.39 is 47.9 Å². The first kappa shape index (κ1) is 16.6. The number of imide groups is 1. The van der Waals surface area contributed by atoms with Crippen molar-refractivity contribution >= 4 is 11.9 Å². The van der Waals surface area contributed by atoms with Crippen molar-refractivity contribution < 1.29 is 28.5 Å². The van der Waals surface area contributed by atoms with E-state index in [1.807, 2.05) is 13.8 Å². The number of amides is 3. The molecule has 23 heavy (non-hydrogen) atoms. The highest BCUT2D eigenvalue weighted by Crippen LogP contribution is 2.44. The Morgan fingerprint density at radius 1 is 1.22 bits per heavy atom. The first-order chi connectivity index (χ1) is 10.7. The van der Waals surface area contributed by atoms with Crippen molar-refractivity contribution in [1.82, 2.24) is 10.6 Å². The minimum atomic E-state index is -1.19. The van der Waals surface area contributed by atoms with Gasteiger partial charge in [0.05, 0.1) is 0 Å². The zero-order valence-corrected chi connectivity index (χ0v) is 14.0. The summed E-state index contributed by atoms with van der Waals surface area (Å²) in [7, 11) is 1.52. The van der Waals surface area contributed by atoms with Gasteiger partial charge in [-0.25, -0.2) is 4.79 Å². The van der Waals surface area contributed by atoms with E-state index in [0.29, 0.717) is 6.42 Å². The second-order valence-corrected chi connectivity index (χ2v) is 7.20. The van der Waals surface area contributed by atoms with Crippen LogP contribution in [0, 0.1) is 5.92 Å². The number of fused-ring (bicyclic) bond motifs is 1. The van der Waals surface area contributed by atoms with Crippen LogP contribution in [0.25, 0.3) is 0 Å². The van der Waals surface area contributed by atoms with E-state index in [9.17, 15) is 9.59 Å². The van der Waals surface area contributed by atoms with Crippen LogP contribution in [0.15, 0.2) is 0 Å². The lowest BCUT2D eigenvalue weighted by Gasteiger charge is -2.36. The zero-order chi connectivity index (χ0) is 17.0. The molecule has 0 radical (unpaired) electrons. The number of urea groups is 1. The number of hydrogen-bond acceptors (Lipinski definition) is 6. The predicted molar refractivity (Wildman–Crippen MR) is 78.4 cm³/mol. The summed E-state index contributed by atoms with van der Waals surface area (Å²) in [6.45, 7) is 7.57. The predicted octanol–water partition coefficient (Wildman–Crippen LogP) is 0.502. The number of hydrogen-bond donors (Lipinski definition) is 2. The third kappa shape index (κ3) is 2.63. The van der Waals surface area contributed by atoms with Crippen LogP contribution in [-0.2, 0) is 23.7 Å². The molecule has 0 aromatic carbocycles. The van der Waals surface area contributed by atoms with Crippen LogP contribution < -0.4 is 10.6 Å². The summed E-state index contributed by atoms with van der Waals surface area (Å²) in [6.07, 6.45) is -1.86. The molecule has 3 saturated heterocycles. The summed E-state index contributed by atoms with van der Waals surface area (Å²) < 4.78 is 23.1. The summed E-state index contributed by atoms with van der Waals surface area (Å²) in [5, 5.41) is 5.08. The molecule has 3 rings (SSSR count). The summed E-state index contributed by atoms with van der Waals surface area (Å²) in [5.41, 5.74) is -1.19. The molecule has 3 aliphatic heterocycles. The minimum Gasteiger partial charge on any atom is -0.353 e. The van der Waals surface area contributed by atoms with E-state index in [-0.39, 0.29) is 5.92 Å². The highest BCUT2D eigenvalue weighted by Gasteiger charge is 2.65. The Balaban J connectivity index is 1.96. The SMILES string of the molecule is CO[C@H]1O[C@H]([C@@]2(CC(C)C)NC(=O)NC2=O)[C@@H]2OC(C)(C)O[C@H]12. The molecule has 130 valence electrons. The molecule has 0 aliphatic carbocycles. The van der Waals surface area contributed by atoms with Gasteiger partial charge in [-0.05, 0) is 26.2 Å². The topological polar surface area (TPSA) is 95.1 Å². The van der Waals surface area contributed by atoms with Crippen molar-refractivity contribution in [3.8, 4) is 0 Å². The van der Waals surface area contributed by atoms with Gasteiger partial charge in [-0.3, -0.25) is 10.1 Å². The normalized spacial score (nSPS) is 42.0. The van der Waals surface area contributed by atoms with Crippen LogP contribution in [0.4, 0.5) is 4.79 Å². The Kier molecular flexibility index (Phi) is 3.91. The number of carbonyl (C=O) groups excluding carboxylic acids is 2. The first-order valence-electron chi connectivity index (χ1n) is 7.86. The molecule has 0 unspecified atom stereocenters. The Morgan fingerprint density at radius 3 is 2.39 bits per heavy atom. The third-order valence-corrected chi connectivity index (χ3v) is 4.43. The van der Waals surface area contributed by atoms with Gasteiger partial charge in [0.25, 0.3) is 5.91 Å². The molecule has 3 heterocycles. The zero-order valence-electron chi connectivity index (χ0n) is 14.0. The van der Waals surface area contributed by atoms with Crippen LogP contribution in [0.2, 0.25) is 0 Å². The van der Waals surface area contributed by atoms with E-state index in [0.717, 1.165) is 0 Å². The van der Waals surface area contributed by atoms with Gasteiger partial charge in [0.1, 0.15) is 23.9 Å². The van der Waals surface area contributed by atoms with Gasteiger partial charge >= 0.3 is 6.03 Å². The maximum absolute atomic E-state index is 12.6. The number of rotatable bonds is 4. The number of carbonyl (C=O) groups is 2. The number of nitrogens with one attached hydrogen (secondary N) is 2. The molecule has 0 bridgehead atoms. The Labute approximate surface area is 135 Å². The van der Waals surface area contributed by atoms with Crippen LogP contribution in [-0.4, -0.2) is 55.0 Å². The maximum Gasteiger partial charge on any atom is 0.322 e. The molecule has 0 aromatic heterocycles. The highest BCUT2D eigenvalue weighted by molar-refractivity contribution is 6.07. The van der Waals surface area contributed by atoms with Crippen molar-refractivity contribution in [1.29, 1.82) is 0 Å². The van der Waals surface area contributed by atoms with Crippen LogP contribution >= 0.6 is 0 Å². The first-order valence-corrected chi connectivity index (χ1v) is 7.86. The lowest BCUT2D eigenvalue weighted by atomic mass is 9.81. The Morgan fingerprint density at radius 2 is 1.87 bits per heavy atom. The Bertz CT molecular complexity index is 522. The van der Waals surface area contributed by atoms with Crippen molar-refractivity contribution in [3.05, 3.63) is 0 Å². The van der Waals surface area contributed by atoms with Gasteiger partial charge < -0.3 is 24.3 Å². The summed E-state index contributed by atoms with van der Waals surface area (Å²) in [4.78, 5) is 24.3. The summed E-state index contributed by atoms with van der Waals surface area (Å²) >= 11 is 0. The summed E-state index contributed by atoms with van der Waals surface area (Å²) in [5.74, 6) is -1.03. The van der Waals surface area contributed by atoms with Gasteiger partial charge in [0, 0.05) is 7.11 Å². The van der Waals surface area contributed by atoms with Crippen LogP contribution in [0.1, 0.15) is 34.1 Å². The Hall–Kier alpha value is -1.22. The maximum atomic E-state index is 12.6. The van der Waals surface area contributed by atoms with Gasteiger partial charge in [-0.2, -0.15) is 0 Å². The molecule has 0 spiro atoms. The van der Waals surface area contributed by atoms with E-state index in [1.54, 1.807) is 13.8 Å². The molecule has 3 fully saturated rings. The fourth-order valence-corrected chi connectivity index (χ4v) is 3.76. The number of ether oxygens (including phenoxy) is 4. The largest absolute Gasteiger partial charge is 0.353 e. The van der Waals surface area contributed by atoms with Gasteiger partial charge in [0.15, 0.2) is 12.1 Å². The molecule has 8 heteroatoms. The fourth-order valence-electron chi connectivity index (χ4n) is 3.76. The average molecular weight is 328 g/mol. The molecule has 3 amide bonds. The second-order valence-electron chi connectivity index (χ2n) is 7.20. The van der Waals surface area contributed by atoms with Crippen LogP contribution in [0.5, 0.6) is 0 Å². The molecule has 5 atom stereocenters. The fraction of sp³-hybridized carbons (Fsp3) is 0.867. The lowest BCUT2D eigenvalue weighted by molar-refractivity contribution is -0.234. The van der Waals surface area contributed by atoms with Gasteiger partial charge in [-0.15, -0.1) is 0 Å².